The summed E-state index contributed by atoms with van der Waals surface area (Å²) in [6.45, 7) is 4.49. The van der Waals surface area contributed by atoms with E-state index in [2.05, 4.69) is 22.4 Å². The summed E-state index contributed by atoms with van der Waals surface area (Å²) in [7, 11) is 0. The molecule has 29 heavy (non-hydrogen) atoms. The maximum absolute atomic E-state index is 12.7. The van der Waals surface area contributed by atoms with E-state index in [9.17, 15) is 4.79 Å². The lowest BCUT2D eigenvalue weighted by Crippen LogP contribution is -2.20. The number of hydrogen-bond donors (Lipinski definition) is 1. The van der Waals surface area contributed by atoms with Gasteiger partial charge in [-0.3, -0.25) is 9.20 Å². The van der Waals surface area contributed by atoms with Crippen molar-refractivity contribution in [3.05, 3.63) is 77.7 Å². The third-order valence-electron chi connectivity index (χ3n) is 4.67. The SMILES string of the molecule is CCCOc1ccc2ccccc2c1/C=N\NC(=O)c1c(C)nc2ccccn12. The van der Waals surface area contributed by atoms with Crippen LogP contribution in [-0.4, -0.2) is 28.1 Å². The molecule has 1 amide bonds. The number of aryl methyl sites for hydroxylation is 1. The molecule has 0 saturated heterocycles. The molecule has 2 aromatic heterocycles. The minimum Gasteiger partial charge on any atom is -0.493 e. The zero-order valence-electron chi connectivity index (χ0n) is 16.4. The summed E-state index contributed by atoms with van der Waals surface area (Å²) in [4.78, 5) is 17.2. The maximum Gasteiger partial charge on any atom is 0.290 e. The fourth-order valence-corrected chi connectivity index (χ4v) is 3.34. The molecule has 0 fully saturated rings. The summed E-state index contributed by atoms with van der Waals surface area (Å²) in [5.74, 6) is 0.434. The Morgan fingerprint density at radius 1 is 1.17 bits per heavy atom. The van der Waals surface area contributed by atoms with Gasteiger partial charge in [0.25, 0.3) is 5.91 Å². The predicted molar refractivity (Wildman–Crippen MR) is 115 cm³/mol. The minimum absolute atomic E-state index is 0.311. The van der Waals surface area contributed by atoms with E-state index in [-0.39, 0.29) is 5.91 Å². The number of fused-ring (bicyclic) bond motifs is 2. The van der Waals surface area contributed by atoms with Crippen molar-refractivity contribution in [3.8, 4) is 5.75 Å². The summed E-state index contributed by atoms with van der Waals surface area (Å²) >= 11 is 0. The fourth-order valence-electron chi connectivity index (χ4n) is 3.34. The van der Waals surface area contributed by atoms with E-state index in [1.54, 1.807) is 10.6 Å². The molecule has 0 saturated carbocycles. The molecule has 1 N–H and O–H groups in total. The molecule has 2 heterocycles. The Kier molecular flexibility index (Phi) is 5.24. The molecule has 0 aliphatic heterocycles. The first-order valence-electron chi connectivity index (χ1n) is 9.60. The Bertz CT molecular complexity index is 1210. The third kappa shape index (κ3) is 3.69. The number of hydrogen-bond acceptors (Lipinski definition) is 4. The van der Waals surface area contributed by atoms with Gasteiger partial charge in [0, 0.05) is 11.8 Å². The van der Waals surface area contributed by atoms with E-state index in [1.165, 1.54) is 0 Å². The average molecular weight is 386 g/mol. The molecule has 2 aromatic carbocycles. The molecule has 0 aliphatic rings. The van der Waals surface area contributed by atoms with Crippen LogP contribution in [0.25, 0.3) is 16.4 Å². The van der Waals surface area contributed by atoms with Gasteiger partial charge in [-0.2, -0.15) is 5.10 Å². The number of carbonyl (C=O) groups excluding carboxylic acids is 1. The van der Waals surface area contributed by atoms with Crippen molar-refractivity contribution in [3.63, 3.8) is 0 Å². The standard InChI is InChI=1S/C23H22N4O2/c1-3-14-29-20-12-11-17-8-4-5-9-18(17)19(20)15-24-26-23(28)22-16(2)25-21-10-6-7-13-27(21)22/h4-13,15H,3,14H2,1-2H3,(H,26,28)/b24-15-. The molecular weight excluding hydrogens is 364 g/mol. The van der Waals surface area contributed by atoms with Gasteiger partial charge in [-0.1, -0.05) is 43.3 Å². The van der Waals surface area contributed by atoms with E-state index < -0.39 is 0 Å². The van der Waals surface area contributed by atoms with Gasteiger partial charge in [-0.15, -0.1) is 0 Å². The number of nitrogens with zero attached hydrogens (tertiary/aromatic N) is 3. The summed E-state index contributed by atoms with van der Waals surface area (Å²) in [5, 5.41) is 6.32. The van der Waals surface area contributed by atoms with Crippen molar-refractivity contribution in [1.29, 1.82) is 0 Å². The van der Waals surface area contributed by atoms with E-state index in [4.69, 9.17) is 4.74 Å². The van der Waals surface area contributed by atoms with Crippen molar-refractivity contribution in [1.82, 2.24) is 14.8 Å². The summed E-state index contributed by atoms with van der Waals surface area (Å²) in [5.41, 5.74) is 5.32. The van der Waals surface area contributed by atoms with Gasteiger partial charge in [0.15, 0.2) is 0 Å². The molecule has 6 heteroatoms. The predicted octanol–water partition coefficient (Wildman–Crippen LogP) is 4.35. The molecule has 0 aliphatic carbocycles. The number of ether oxygens (including phenoxy) is 1. The topological polar surface area (TPSA) is 68.0 Å². The van der Waals surface area contributed by atoms with Crippen LogP contribution in [0.4, 0.5) is 0 Å². The van der Waals surface area contributed by atoms with Gasteiger partial charge >= 0.3 is 0 Å². The van der Waals surface area contributed by atoms with Crippen molar-refractivity contribution < 1.29 is 9.53 Å². The fraction of sp³-hybridized carbons (Fsp3) is 0.174. The van der Waals surface area contributed by atoms with Crippen LogP contribution in [0.15, 0.2) is 65.9 Å². The Hall–Kier alpha value is -3.67. The molecule has 0 bridgehead atoms. The first-order chi connectivity index (χ1) is 14.2. The number of amides is 1. The van der Waals surface area contributed by atoms with E-state index >= 15 is 0 Å². The van der Waals surface area contributed by atoms with Crippen LogP contribution >= 0.6 is 0 Å². The van der Waals surface area contributed by atoms with E-state index in [1.807, 2.05) is 67.7 Å². The van der Waals surface area contributed by atoms with Crippen molar-refractivity contribution >= 4 is 28.5 Å². The second kappa shape index (κ2) is 8.14. The number of pyridine rings is 1. The average Bonchev–Trinajstić information content (AvgIpc) is 3.08. The lowest BCUT2D eigenvalue weighted by molar-refractivity contribution is 0.0948. The quantitative estimate of drug-likeness (QED) is 0.396. The number of benzene rings is 2. The highest BCUT2D eigenvalue weighted by Crippen LogP contribution is 2.26. The number of rotatable bonds is 6. The van der Waals surface area contributed by atoms with E-state index in [0.29, 0.717) is 18.0 Å². The maximum atomic E-state index is 12.7. The summed E-state index contributed by atoms with van der Waals surface area (Å²) < 4.78 is 7.64. The van der Waals surface area contributed by atoms with Crippen LogP contribution in [0.3, 0.4) is 0 Å². The molecule has 0 atom stereocenters. The number of aromatic nitrogens is 2. The van der Waals surface area contributed by atoms with Crippen molar-refractivity contribution in [2.24, 2.45) is 5.10 Å². The number of nitrogens with one attached hydrogen (secondary N) is 1. The van der Waals surface area contributed by atoms with Crippen LogP contribution in [-0.2, 0) is 0 Å². The zero-order chi connectivity index (χ0) is 20.2. The molecule has 0 radical (unpaired) electrons. The lowest BCUT2D eigenvalue weighted by Gasteiger charge is -2.11. The van der Waals surface area contributed by atoms with Crippen LogP contribution in [0.2, 0.25) is 0 Å². The Balaban J connectivity index is 1.64. The molecular formula is C23H22N4O2. The van der Waals surface area contributed by atoms with E-state index in [0.717, 1.165) is 34.2 Å². The second-order valence-corrected chi connectivity index (χ2v) is 6.72. The monoisotopic (exact) mass is 386 g/mol. The van der Waals surface area contributed by atoms with Crippen LogP contribution in [0.1, 0.15) is 35.1 Å². The van der Waals surface area contributed by atoms with Crippen molar-refractivity contribution in [2.75, 3.05) is 6.61 Å². The van der Waals surface area contributed by atoms with Gasteiger partial charge in [0.1, 0.15) is 17.1 Å². The zero-order valence-corrected chi connectivity index (χ0v) is 16.4. The number of imidazole rings is 1. The highest BCUT2D eigenvalue weighted by molar-refractivity contribution is 6.03. The van der Waals surface area contributed by atoms with Gasteiger partial charge in [0.05, 0.1) is 18.5 Å². The Morgan fingerprint density at radius 3 is 2.86 bits per heavy atom. The molecule has 0 unspecified atom stereocenters. The summed E-state index contributed by atoms with van der Waals surface area (Å²) in [6, 6.07) is 17.6. The normalized spacial score (nSPS) is 11.4. The highest BCUT2D eigenvalue weighted by Gasteiger charge is 2.15. The highest BCUT2D eigenvalue weighted by atomic mass is 16.5. The third-order valence-corrected chi connectivity index (χ3v) is 4.67. The minimum atomic E-state index is -0.311. The number of carbonyl (C=O) groups is 1. The molecule has 4 aromatic rings. The molecule has 0 spiro atoms. The smallest absolute Gasteiger partial charge is 0.290 e. The molecule has 4 rings (SSSR count). The van der Waals surface area contributed by atoms with Crippen molar-refractivity contribution in [2.45, 2.75) is 20.3 Å². The second-order valence-electron chi connectivity index (χ2n) is 6.72. The number of hydrazone groups is 1. The summed E-state index contributed by atoms with van der Waals surface area (Å²) in [6.07, 6.45) is 4.37. The van der Waals surface area contributed by atoms with Crippen LogP contribution in [0, 0.1) is 6.92 Å². The first-order valence-corrected chi connectivity index (χ1v) is 9.60. The first kappa shape index (κ1) is 18.7. The Morgan fingerprint density at radius 2 is 2.00 bits per heavy atom. The van der Waals surface area contributed by atoms with Gasteiger partial charge in [0.2, 0.25) is 0 Å². The van der Waals surface area contributed by atoms with Gasteiger partial charge < -0.3 is 4.74 Å². The van der Waals surface area contributed by atoms with Crippen LogP contribution < -0.4 is 10.2 Å². The molecule has 6 nitrogen and oxygen atoms in total. The van der Waals surface area contributed by atoms with Gasteiger partial charge in [-0.05, 0) is 42.3 Å². The molecule has 146 valence electrons. The van der Waals surface area contributed by atoms with Gasteiger partial charge in [-0.25, -0.2) is 10.4 Å². The largest absolute Gasteiger partial charge is 0.493 e. The Labute approximate surface area is 168 Å². The van der Waals surface area contributed by atoms with Crippen LogP contribution in [0.5, 0.6) is 5.75 Å². The lowest BCUT2D eigenvalue weighted by atomic mass is 10.0.